The molecule has 0 aliphatic carbocycles. The Bertz CT molecular complexity index is 1350. The van der Waals surface area contributed by atoms with E-state index in [4.69, 9.17) is 0 Å². The van der Waals surface area contributed by atoms with Gasteiger partial charge in [-0.1, -0.05) is 109 Å². The first-order valence-electron chi connectivity index (χ1n) is 13.2. The molecule has 0 spiro atoms. The topological polar surface area (TPSA) is 52.7 Å². The van der Waals surface area contributed by atoms with Crippen molar-refractivity contribution in [3.8, 4) is 0 Å². The Morgan fingerprint density at radius 1 is 0.684 bits per heavy atom. The van der Waals surface area contributed by atoms with Crippen molar-refractivity contribution in [2.24, 2.45) is 0 Å². The van der Waals surface area contributed by atoms with Crippen LogP contribution >= 0.6 is 0 Å². The average molecular weight is 526 g/mol. The molecule has 1 saturated heterocycles. The van der Waals surface area contributed by atoms with Gasteiger partial charge in [0.05, 0.1) is 16.5 Å². The van der Waals surface area contributed by atoms with E-state index in [1.807, 2.05) is 24.3 Å². The highest BCUT2D eigenvalue weighted by Gasteiger charge is 2.38. The second-order valence-corrected chi connectivity index (χ2v) is 11.8. The lowest BCUT2D eigenvalue weighted by molar-refractivity contribution is 0.0316. The van der Waals surface area contributed by atoms with E-state index in [9.17, 15) is 8.42 Å². The number of rotatable bonds is 9. The molecule has 1 aliphatic rings. The van der Waals surface area contributed by atoms with Crippen molar-refractivity contribution in [3.05, 3.63) is 138 Å². The third-order valence-electron chi connectivity index (χ3n) is 7.66. The van der Waals surface area contributed by atoms with E-state index in [-0.39, 0.29) is 17.5 Å². The summed E-state index contributed by atoms with van der Waals surface area (Å²) < 4.78 is 29.1. The quantitative estimate of drug-likeness (QED) is 0.323. The van der Waals surface area contributed by atoms with E-state index < -0.39 is 15.6 Å². The molecule has 0 radical (unpaired) electrons. The molecule has 5 rings (SSSR count). The van der Waals surface area contributed by atoms with Gasteiger partial charge in [0.25, 0.3) is 0 Å². The Morgan fingerprint density at radius 2 is 1.13 bits per heavy atom. The molecule has 4 aromatic carbocycles. The number of piperazine rings is 1. The number of sulfonamides is 1. The minimum absolute atomic E-state index is 0.180. The molecule has 5 nitrogen and oxygen atoms in total. The molecule has 196 valence electrons. The van der Waals surface area contributed by atoms with E-state index in [0.717, 1.165) is 31.7 Å². The van der Waals surface area contributed by atoms with Gasteiger partial charge < -0.3 is 0 Å². The maximum Gasteiger partial charge on any atom is 0.240 e. The molecule has 4 aromatic rings. The van der Waals surface area contributed by atoms with Gasteiger partial charge in [-0.05, 0) is 35.7 Å². The molecule has 0 saturated carbocycles. The first-order chi connectivity index (χ1) is 18.5. The Kier molecular flexibility index (Phi) is 8.05. The van der Waals surface area contributed by atoms with Crippen molar-refractivity contribution in [2.75, 3.05) is 32.7 Å². The Labute approximate surface area is 226 Å². The van der Waals surface area contributed by atoms with Gasteiger partial charge in [0.2, 0.25) is 10.0 Å². The maximum atomic E-state index is 13.1. The minimum Gasteiger partial charge on any atom is -0.290 e. The summed E-state index contributed by atoms with van der Waals surface area (Å²) >= 11 is 0. The summed E-state index contributed by atoms with van der Waals surface area (Å²) in [6.07, 6.45) is 0. The van der Waals surface area contributed by atoms with Crippen molar-refractivity contribution in [1.29, 1.82) is 0 Å². The fourth-order valence-electron chi connectivity index (χ4n) is 5.47. The lowest BCUT2D eigenvalue weighted by atomic mass is 9.89. The number of hydrogen-bond acceptors (Lipinski definition) is 4. The van der Waals surface area contributed by atoms with Crippen LogP contribution in [0.25, 0.3) is 0 Å². The summed E-state index contributed by atoms with van der Waals surface area (Å²) in [7, 11) is -3.62. The molecule has 1 heterocycles. The summed E-state index contributed by atoms with van der Waals surface area (Å²) in [5.41, 5.74) is 3.18. The molecular weight excluding hydrogens is 490 g/mol. The lowest BCUT2D eigenvalue weighted by Crippen LogP contribution is -2.58. The monoisotopic (exact) mass is 525 g/mol. The smallest absolute Gasteiger partial charge is 0.240 e. The van der Waals surface area contributed by atoms with Crippen molar-refractivity contribution in [3.63, 3.8) is 0 Å². The van der Waals surface area contributed by atoms with Gasteiger partial charge in [-0.25, -0.2) is 13.1 Å². The SMILES string of the molecule is CC(CNS(=O)(=O)c1ccccc1)(c1ccccc1)N1CCN(C(c2ccccc2)c2ccccc2)CC1. The minimum atomic E-state index is -3.62. The molecule has 0 aromatic heterocycles. The summed E-state index contributed by atoms with van der Waals surface area (Å²) in [6, 6.07) is 40.4. The van der Waals surface area contributed by atoms with Gasteiger partial charge in [-0.15, -0.1) is 0 Å². The van der Waals surface area contributed by atoms with Crippen LogP contribution in [0, 0.1) is 0 Å². The number of nitrogens with one attached hydrogen (secondary N) is 1. The first-order valence-corrected chi connectivity index (χ1v) is 14.6. The predicted molar refractivity (Wildman–Crippen MR) is 153 cm³/mol. The van der Waals surface area contributed by atoms with Crippen molar-refractivity contribution in [1.82, 2.24) is 14.5 Å². The fourth-order valence-corrected chi connectivity index (χ4v) is 6.62. The third kappa shape index (κ3) is 5.74. The van der Waals surface area contributed by atoms with Gasteiger partial charge in [0.15, 0.2) is 0 Å². The lowest BCUT2D eigenvalue weighted by Gasteiger charge is -2.48. The predicted octanol–water partition coefficient (Wildman–Crippen LogP) is 5.29. The summed E-state index contributed by atoms with van der Waals surface area (Å²) in [6.45, 7) is 5.85. The molecule has 6 heteroatoms. The molecule has 38 heavy (non-hydrogen) atoms. The highest BCUT2D eigenvalue weighted by Crippen LogP contribution is 2.33. The highest BCUT2D eigenvalue weighted by molar-refractivity contribution is 7.89. The molecule has 1 unspecified atom stereocenters. The van der Waals surface area contributed by atoms with Crippen molar-refractivity contribution in [2.45, 2.75) is 23.4 Å². The van der Waals surface area contributed by atoms with Crippen molar-refractivity contribution < 1.29 is 8.42 Å². The van der Waals surface area contributed by atoms with Crippen LogP contribution in [-0.4, -0.2) is 50.9 Å². The summed E-state index contributed by atoms with van der Waals surface area (Å²) in [4.78, 5) is 5.26. The van der Waals surface area contributed by atoms with Crippen molar-refractivity contribution >= 4 is 10.0 Å². The van der Waals surface area contributed by atoms with Crippen LogP contribution in [0.3, 0.4) is 0 Å². The normalized spacial score (nSPS) is 16.8. The zero-order valence-corrected chi connectivity index (χ0v) is 22.6. The second kappa shape index (κ2) is 11.6. The van der Waals surface area contributed by atoms with Crippen LogP contribution < -0.4 is 4.72 Å². The Balaban J connectivity index is 1.38. The maximum absolute atomic E-state index is 13.1. The largest absolute Gasteiger partial charge is 0.290 e. The van der Waals surface area contributed by atoms with Crippen LogP contribution in [0.1, 0.15) is 29.7 Å². The van der Waals surface area contributed by atoms with Crippen LogP contribution in [0.15, 0.2) is 126 Å². The van der Waals surface area contributed by atoms with Crippen LogP contribution in [-0.2, 0) is 15.6 Å². The Morgan fingerprint density at radius 3 is 1.63 bits per heavy atom. The van der Waals surface area contributed by atoms with Gasteiger partial charge >= 0.3 is 0 Å². The Hall–Kier alpha value is -3.29. The van der Waals surface area contributed by atoms with E-state index in [1.165, 1.54) is 11.1 Å². The third-order valence-corrected chi connectivity index (χ3v) is 9.08. The first kappa shape index (κ1) is 26.3. The standard InChI is InChI=1S/C32H35N3O2S/c1-32(29-18-10-4-11-19-29,26-33-38(36,37)30-20-12-5-13-21-30)35-24-22-34(23-25-35)31(27-14-6-2-7-15-27)28-16-8-3-9-17-28/h2-21,31,33H,22-26H2,1H3. The molecular formula is C32H35N3O2S. The number of benzene rings is 4. The molecule has 0 amide bonds. The zero-order valence-electron chi connectivity index (χ0n) is 21.8. The van der Waals surface area contributed by atoms with E-state index in [2.05, 4.69) is 94.2 Å². The highest BCUT2D eigenvalue weighted by atomic mass is 32.2. The van der Waals surface area contributed by atoms with Gasteiger partial charge in [0.1, 0.15) is 0 Å². The van der Waals surface area contributed by atoms with Gasteiger partial charge in [-0.2, -0.15) is 0 Å². The average Bonchev–Trinajstić information content (AvgIpc) is 2.98. The van der Waals surface area contributed by atoms with E-state index >= 15 is 0 Å². The second-order valence-electron chi connectivity index (χ2n) is 10.0. The molecule has 1 fully saturated rings. The van der Waals surface area contributed by atoms with Gasteiger partial charge in [-0.3, -0.25) is 9.80 Å². The van der Waals surface area contributed by atoms with E-state index in [1.54, 1.807) is 24.3 Å². The van der Waals surface area contributed by atoms with Gasteiger partial charge in [0, 0.05) is 32.7 Å². The number of nitrogens with zero attached hydrogens (tertiary/aromatic N) is 2. The number of hydrogen-bond donors (Lipinski definition) is 1. The van der Waals surface area contributed by atoms with Crippen LogP contribution in [0.5, 0.6) is 0 Å². The molecule has 0 bridgehead atoms. The van der Waals surface area contributed by atoms with Crippen LogP contribution in [0.4, 0.5) is 0 Å². The molecule has 1 N–H and O–H groups in total. The zero-order chi connectivity index (χ0) is 26.4. The van der Waals surface area contributed by atoms with E-state index in [0.29, 0.717) is 0 Å². The summed E-state index contributed by atoms with van der Waals surface area (Å²) in [5.74, 6) is 0. The molecule has 1 aliphatic heterocycles. The summed E-state index contributed by atoms with van der Waals surface area (Å²) in [5, 5.41) is 0. The van der Waals surface area contributed by atoms with Crippen LogP contribution in [0.2, 0.25) is 0 Å². The molecule has 1 atom stereocenters. The fraction of sp³-hybridized carbons (Fsp3) is 0.250.